The average molecular weight is 284 g/mol. The first-order valence-corrected chi connectivity index (χ1v) is 7.07. The van der Waals surface area contributed by atoms with E-state index in [4.69, 9.17) is 15.2 Å². The average Bonchev–Trinajstić information content (AvgIpc) is 2.53. The van der Waals surface area contributed by atoms with E-state index in [1.165, 1.54) is 11.1 Å². The Morgan fingerprint density at radius 2 is 1.76 bits per heavy atom. The van der Waals surface area contributed by atoms with Crippen molar-refractivity contribution in [3.63, 3.8) is 0 Å². The Bertz CT molecular complexity index is 655. The van der Waals surface area contributed by atoms with E-state index < -0.39 is 0 Å². The predicted octanol–water partition coefficient (Wildman–Crippen LogP) is 2.52. The maximum Gasteiger partial charge on any atom is 0.161 e. The number of hydrogen-bond acceptors (Lipinski definition) is 4. The lowest BCUT2D eigenvalue weighted by Gasteiger charge is -2.29. The smallest absolute Gasteiger partial charge is 0.161 e. The van der Waals surface area contributed by atoms with Crippen molar-refractivity contribution in [2.75, 3.05) is 26.5 Å². The summed E-state index contributed by atoms with van der Waals surface area (Å²) >= 11 is 0. The first-order chi connectivity index (χ1) is 10.2. The van der Waals surface area contributed by atoms with Crippen molar-refractivity contribution in [2.45, 2.75) is 12.5 Å². The largest absolute Gasteiger partial charge is 0.493 e. The van der Waals surface area contributed by atoms with Gasteiger partial charge in [-0.1, -0.05) is 18.2 Å². The van der Waals surface area contributed by atoms with Gasteiger partial charge in [0.05, 0.1) is 20.3 Å². The lowest BCUT2D eigenvalue weighted by atomic mass is 9.88. The molecule has 1 unspecified atom stereocenters. The lowest BCUT2D eigenvalue weighted by Crippen LogP contribution is -2.31. The van der Waals surface area contributed by atoms with Crippen LogP contribution in [0.1, 0.15) is 22.7 Å². The normalized spacial score (nSPS) is 17.1. The van der Waals surface area contributed by atoms with Crippen LogP contribution < -0.4 is 20.5 Å². The lowest BCUT2D eigenvalue weighted by molar-refractivity contribution is 0.353. The molecule has 110 valence electrons. The maximum atomic E-state index is 6.14. The number of fused-ring (bicyclic) bond motifs is 1. The summed E-state index contributed by atoms with van der Waals surface area (Å²) in [4.78, 5) is 0. The minimum Gasteiger partial charge on any atom is -0.493 e. The fourth-order valence-corrected chi connectivity index (χ4v) is 2.93. The molecule has 0 bridgehead atoms. The third-order valence-electron chi connectivity index (χ3n) is 4.01. The number of nitrogen functional groups attached to an aromatic ring is 1. The molecule has 0 saturated carbocycles. The van der Waals surface area contributed by atoms with E-state index in [9.17, 15) is 0 Å². The van der Waals surface area contributed by atoms with Crippen LogP contribution >= 0.6 is 0 Å². The first-order valence-electron chi connectivity index (χ1n) is 7.07. The Morgan fingerprint density at radius 1 is 1.05 bits per heavy atom. The minimum atomic E-state index is 0.0924. The highest BCUT2D eigenvalue weighted by atomic mass is 16.5. The molecule has 3 N–H and O–H groups in total. The number of para-hydroxylation sites is 1. The quantitative estimate of drug-likeness (QED) is 0.850. The topological polar surface area (TPSA) is 56.5 Å². The van der Waals surface area contributed by atoms with Gasteiger partial charge in [-0.25, -0.2) is 0 Å². The number of hydrogen-bond donors (Lipinski definition) is 2. The van der Waals surface area contributed by atoms with E-state index in [0.717, 1.165) is 35.7 Å². The Hall–Kier alpha value is -2.20. The Kier molecular flexibility index (Phi) is 3.71. The fraction of sp³-hybridized carbons (Fsp3) is 0.294. The van der Waals surface area contributed by atoms with Crippen molar-refractivity contribution in [3.05, 3.63) is 53.1 Å². The molecule has 1 aliphatic heterocycles. The molecule has 0 saturated heterocycles. The minimum absolute atomic E-state index is 0.0924. The van der Waals surface area contributed by atoms with Crippen LogP contribution in [0, 0.1) is 0 Å². The van der Waals surface area contributed by atoms with Crippen LogP contribution in [-0.4, -0.2) is 20.8 Å². The van der Waals surface area contributed by atoms with Gasteiger partial charge in [0, 0.05) is 12.2 Å². The molecular weight excluding hydrogens is 264 g/mol. The van der Waals surface area contributed by atoms with E-state index in [2.05, 4.69) is 23.5 Å². The van der Waals surface area contributed by atoms with Crippen molar-refractivity contribution < 1.29 is 9.47 Å². The van der Waals surface area contributed by atoms with E-state index in [1.807, 2.05) is 18.2 Å². The highest BCUT2D eigenvalue weighted by Crippen LogP contribution is 2.38. The summed E-state index contributed by atoms with van der Waals surface area (Å²) in [6.45, 7) is 0.918. The monoisotopic (exact) mass is 284 g/mol. The summed E-state index contributed by atoms with van der Waals surface area (Å²) in [5, 5.41) is 3.54. The van der Waals surface area contributed by atoms with Crippen molar-refractivity contribution >= 4 is 5.69 Å². The van der Waals surface area contributed by atoms with Gasteiger partial charge in [-0.2, -0.15) is 0 Å². The van der Waals surface area contributed by atoms with Crippen LogP contribution in [0.15, 0.2) is 36.4 Å². The standard InChI is InChI=1S/C17H20N2O2/c1-20-15-9-11-7-8-19-17(13(11)10-16(15)21-2)12-5-3-4-6-14(12)18/h3-6,9-10,17,19H,7-8,18H2,1-2H3. The van der Waals surface area contributed by atoms with Gasteiger partial charge in [0.15, 0.2) is 11.5 Å². The molecule has 0 spiro atoms. The molecule has 2 aromatic carbocycles. The molecular formula is C17H20N2O2. The summed E-state index contributed by atoms with van der Waals surface area (Å²) in [6, 6.07) is 12.2. The fourth-order valence-electron chi connectivity index (χ4n) is 2.93. The van der Waals surface area contributed by atoms with E-state index in [-0.39, 0.29) is 6.04 Å². The van der Waals surface area contributed by atoms with Crippen LogP contribution in [0.2, 0.25) is 0 Å². The zero-order chi connectivity index (χ0) is 14.8. The maximum absolute atomic E-state index is 6.14. The molecule has 0 fully saturated rings. The van der Waals surface area contributed by atoms with Gasteiger partial charge < -0.3 is 20.5 Å². The number of ether oxygens (including phenoxy) is 2. The molecule has 1 atom stereocenters. The summed E-state index contributed by atoms with van der Waals surface area (Å²) in [5.74, 6) is 1.53. The molecule has 0 aliphatic carbocycles. The van der Waals surface area contributed by atoms with Crippen molar-refractivity contribution in [3.8, 4) is 11.5 Å². The van der Waals surface area contributed by atoms with Crippen LogP contribution in [0.4, 0.5) is 5.69 Å². The number of rotatable bonds is 3. The molecule has 0 aromatic heterocycles. The van der Waals surface area contributed by atoms with Crippen LogP contribution in [0.5, 0.6) is 11.5 Å². The Morgan fingerprint density at radius 3 is 2.48 bits per heavy atom. The zero-order valence-corrected chi connectivity index (χ0v) is 12.3. The van der Waals surface area contributed by atoms with Gasteiger partial charge >= 0.3 is 0 Å². The van der Waals surface area contributed by atoms with E-state index in [0.29, 0.717) is 0 Å². The Balaban J connectivity index is 2.11. The molecule has 1 aliphatic rings. The molecule has 0 amide bonds. The van der Waals surface area contributed by atoms with Gasteiger partial charge in [0.25, 0.3) is 0 Å². The van der Waals surface area contributed by atoms with Crippen molar-refractivity contribution in [2.24, 2.45) is 0 Å². The summed E-state index contributed by atoms with van der Waals surface area (Å²) in [5.41, 5.74) is 10.5. The first kappa shape index (κ1) is 13.8. The van der Waals surface area contributed by atoms with Crippen LogP contribution in [0.25, 0.3) is 0 Å². The second-order valence-electron chi connectivity index (χ2n) is 5.17. The van der Waals surface area contributed by atoms with Crippen LogP contribution in [-0.2, 0) is 6.42 Å². The molecule has 4 heteroatoms. The van der Waals surface area contributed by atoms with Crippen molar-refractivity contribution in [1.82, 2.24) is 5.32 Å². The van der Waals surface area contributed by atoms with Gasteiger partial charge in [0.2, 0.25) is 0 Å². The molecule has 1 heterocycles. The van der Waals surface area contributed by atoms with E-state index in [1.54, 1.807) is 14.2 Å². The molecule has 4 nitrogen and oxygen atoms in total. The second kappa shape index (κ2) is 5.66. The van der Waals surface area contributed by atoms with Gasteiger partial charge in [-0.3, -0.25) is 0 Å². The van der Waals surface area contributed by atoms with Gasteiger partial charge in [0.1, 0.15) is 0 Å². The SMILES string of the molecule is COc1cc2c(cc1OC)C(c1ccccc1N)NCC2. The van der Waals surface area contributed by atoms with Gasteiger partial charge in [-0.15, -0.1) is 0 Å². The number of anilines is 1. The summed E-state index contributed by atoms with van der Waals surface area (Å²) in [7, 11) is 3.32. The number of nitrogens with two attached hydrogens (primary N) is 1. The number of methoxy groups -OCH3 is 2. The Labute approximate surface area is 124 Å². The summed E-state index contributed by atoms with van der Waals surface area (Å²) in [6.07, 6.45) is 0.971. The van der Waals surface area contributed by atoms with Crippen LogP contribution in [0.3, 0.4) is 0 Å². The van der Waals surface area contributed by atoms with Gasteiger partial charge in [-0.05, 0) is 41.3 Å². The highest BCUT2D eigenvalue weighted by molar-refractivity contribution is 5.56. The summed E-state index contributed by atoms with van der Waals surface area (Å²) < 4.78 is 10.8. The zero-order valence-electron chi connectivity index (χ0n) is 12.3. The molecule has 0 radical (unpaired) electrons. The molecule has 3 rings (SSSR count). The third-order valence-corrected chi connectivity index (χ3v) is 4.01. The third kappa shape index (κ3) is 2.43. The van der Waals surface area contributed by atoms with Crippen molar-refractivity contribution in [1.29, 1.82) is 0 Å². The van der Waals surface area contributed by atoms with E-state index >= 15 is 0 Å². The highest BCUT2D eigenvalue weighted by Gasteiger charge is 2.24. The predicted molar refractivity (Wildman–Crippen MR) is 84.0 cm³/mol. The number of nitrogens with one attached hydrogen (secondary N) is 1. The second-order valence-corrected chi connectivity index (χ2v) is 5.17. The molecule has 2 aromatic rings. The molecule has 21 heavy (non-hydrogen) atoms. The number of benzene rings is 2.